The first kappa shape index (κ1) is 19.1. The number of pyridine rings is 1. The van der Waals surface area contributed by atoms with Gasteiger partial charge < -0.3 is 10.1 Å². The number of carbonyl (C=O) groups excluding carboxylic acids is 1. The van der Waals surface area contributed by atoms with Crippen molar-refractivity contribution in [3.8, 4) is 0 Å². The lowest BCUT2D eigenvalue weighted by Crippen LogP contribution is -2.85. The van der Waals surface area contributed by atoms with Crippen molar-refractivity contribution in [3.05, 3.63) is 77.0 Å². The third kappa shape index (κ3) is 4.01. The van der Waals surface area contributed by atoms with Crippen molar-refractivity contribution >= 4 is 16.9 Å². The molecular weight excluding hydrogens is 336 g/mol. The first-order valence-electron chi connectivity index (χ1n) is 9.37. The second kappa shape index (κ2) is 8.31. The van der Waals surface area contributed by atoms with E-state index < -0.39 is 0 Å². The molecule has 0 bridgehead atoms. The van der Waals surface area contributed by atoms with Crippen LogP contribution in [0.25, 0.3) is 10.9 Å². The van der Waals surface area contributed by atoms with E-state index in [1.165, 1.54) is 12.7 Å². The molecule has 27 heavy (non-hydrogen) atoms. The van der Waals surface area contributed by atoms with Crippen LogP contribution in [0.15, 0.2) is 54.6 Å². The van der Waals surface area contributed by atoms with Crippen LogP contribution in [0, 0.1) is 12.8 Å². The molecule has 0 radical (unpaired) electrons. The predicted molar refractivity (Wildman–Crippen MR) is 107 cm³/mol. The Morgan fingerprint density at radius 3 is 2.41 bits per heavy atom. The minimum Gasteiger partial charge on any atom is -0.465 e. The molecule has 0 unspecified atom stereocenters. The summed E-state index contributed by atoms with van der Waals surface area (Å²) >= 11 is 0. The standard InChI is InChI=1S/C23H26N2O2/c1-15(2)22(17-10-6-5-7-11-17)24-14-20-21(23(26)27-4)16(3)18-12-8-9-13-19(18)25-20/h5-13,15,22,24H,14H2,1-4H3/p+1/t22-/m0/s1. The maximum atomic E-state index is 12.5. The van der Waals surface area contributed by atoms with Crippen molar-refractivity contribution in [1.82, 2.24) is 4.98 Å². The molecule has 2 N–H and O–H groups in total. The molecule has 0 aliphatic carbocycles. The summed E-state index contributed by atoms with van der Waals surface area (Å²) in [6, 6.07) is 18.7. The summed E-state index contributed by atoms with van der Waals surface area (Å²) in [5.41, 5.74) is 4.48. The highest BCUT2D eigenvalue weighted by molar-refractivity contribution is 5.98. The van der Waals surface area contributed by atoms with Crippen LogP contribution in [0.4, 0.5) is 0 Å². The third-order valence-electron chi connectivity index (χ3n) is 5.08. The lowest BCUT2D eigenvalue weighted by molar-refractivity contribution is -0.717. The van der Waals surface area contributed by atoms with E-state index in [-0.39, 0.29) is 5.97 Å². The lowest BCUT2D eigenvalue weighted by Gasteiger charge is -2.20. The number of benzene rings is 2. The Morgan fingerprint density at radius 2 is 1.74 bits per heavy atom. The molecule has 4 nitrogen and oxygen atoms in total. The fourth-order valence-corrected chi connectivity index (χ4v) is 3.67. The molecule has 1 atom stereocenters. The summed E-state index contributed by atoms with van der Waals surface area (Å²) in [6.07, 6.45) is 0. The van der Waals surface area contributed by atoms with E-state index >= 15 is 0 Å². The van der Waals surface area contributed by atoms with Crippen LogP contribution in [0.3, 0.4) is 0 Å². The van der Waals surface area contributed by atoms with Crippen molar-refractivity contribution in [2.24, 2.45) is 5.92 Å². The topological polar surface area (TPSA) is 55.8 Å². The average molecular weight is 363 g/mol. The minimum atomic E-state index is -0.324. The normalized spacial score (nSPS) is 12.3. The summed E-state index contributed by atoms with van der Waals surface area (Å²) in [6.45, 7) is 7.02. The van der Waals surface area contributed by atoms with Gasteiger partial charge in [0.05, 0.1) is 18.2 Å². The number of nitrogens with two attached hydrogens (primary N) is 1. The smallest absolute Gasteiger partial charge is 0.340 e. The first-order valence-corrected chi connectivity index (χ1v) is 9.37. The summed E-state index contributed by atoms with van der Waals surface area (Å²) < 4.78 is 5.05. The number of carbonyl (C=O) groups is 1. The minimum absolute atomic E-state index is 0.297. The zero-order valence-electron chi connectivity index (χ0n) is 16.4. The van der Waals surface area contributed by atoms with Gasteiger partial charge in [-0.05, 0) is 18.6 Å². The van der Waals surface area contributed by atoms with Gasteiger partial charge in [-0.2, -0.15) is 0 Å². The summed E-state index contributed by atoms with van der Waals surface area (Å²) in [5.74, 6) is 0.130. The van der Waals surface area contributed by atoms with E-state index in [1.54, 1.807) is 0 Å². The summed E-state index contributed by atoms with van der Waals surface area (Å²) in [4.78, 5) is 17.3. The molecule has 0 amide bonds. The van der Waals surface area contributed by atoms with Crippen LogP contribution in [-0.2, 0) is 11.3 Å². The molecule has 0 spiro atoms. The largest absolute Gasteiger partial charge is 0.465 e. The molecule has 0 fully saturated rings. The van der Waals surface area contributed by atoms with Crippen LogP contribution >= 0.6 is 0 Å². The number of hydrogen-bond acceptors (Lipinski definition) is 3. The van der Waals surface area contributed by atoms with Gasteiger partial charge >= 0.3 is 5.97 Å². The van der Waals surface area contributed by atoms with Crippen molar-refractivity contribution < 1.29 is 14.8 Å². The molecule has 140 valence electrons. The number of ether oxygens (including phenoxy) is 1. The van der Waals surface area contributed by atoms with Crippen molar-refractivity contribution in [1.29, 1.82) is 0 Å². The maximum absolute atomic E-state index is 12.5. The number of fused-ring (bicyclic) bond motifs is 1. The van der Waals surface area contributed by atoms with Gasteiger partial charge in [0.25, 0.3) is 0 Å². The van der Waals surface area contributed by atoms with E-state index in [4.69, 9.17) is 9.72 Å². The molecule has 0 aliphatic rings. The third-order valence-corrected chi connectivity index (χ3v) is 5.08. The summed E-state index contributed by atoms with van der Waals surface area (Å²) in [7, 11) is 1.42. The zero-order chi connectivity index (χ0) is 19.4. The lowest BCUT2D eigenvalue weighted by atomic mass is 9.95. The van der Waals surface area contributed by atoms with E-state index in [2.05, 4.69) is 43.4 Å². The molecule has 2 aromatic carbocycles. The molecule has 1 heterocycles. The number of aromatic nitrogens is 1. The van der Waals surface area contributed by atoms with Crippen LogP contribution < -0.4 is 5.32 Å². The van der Waals surface area contributed by atoms with Gasteiger partial charge in [0.2, 0.25) is 0 Å². The highest BCUT2D eigenvalue weighted by atomic mass is 16.5. The number of esters is 1. The highest BCUT2D eigenvalue weighted by Crippen LogP contribution is 2.24. The van der Waals surface area contributed by atoms with E-state index in [9.17, 15) is 4.79 Å². The number of nitrogens with zero attached hydrogens (tertiary/aromatic N) is 1. The van der Waals surface area contributed by atoms with E-state index in [0.717, 1.165) is 22.2 Å². The first-order chi connectivity index (χ1) is 13.0. The van der Waals surface area contributed by atoms with Crippen molar-refractivity contribution in [2.75, 3.05) is 7.11 Å². The Balaban J connectivity index is 1.99. The molecule has 3 aromatic rings. The van der Waals surface area contributed by atoms with Crippen LogP contribution in [-0.4, -0.2) is 18.1 Å². The average Bonchev–Trinajstić information content (AvgIpc) is 2.68. The van der Waals surface area contributed by atoms with E-state index in [1.807, 2.05) is 37.3 Å². The Morgan fingerprint density at radius 1 is 1.07 bits per heavy atom. The Kier molecular flexibility index (Phi) is 5.87. The number of para-hydroxylation sites is 1. The molecule has 4 heteroatoms. The molecule has 0 aliphatic heterocycles. The molecule has 0 saturated heterocycles. The molecular formula is C23H27N2O2+. The van der Waals surface area contributed by atoms with Gasteiger partial charge in [0.1, 0.15) is 18.3 Å². The van der Waals surface area contributed by atoms with Gasteiger partial charge in [-0.1, -0.05) is 62.4 Å². The number of aryl methyl sites for hydroxylation is 1. The predicted octanol–water partition coefficient (Wildman–Crippen LogP) is 3.79. The van der Waals surface area contributed by atoms with Gasteiger partial charge in [-0.3, -0.25) is 0 Å². The Labute approximate surface area is 160 Å². The van der Waals surface area contributed by atoms with Gasteiger partial charge in [0, 0.05) is 16.9 Å². The monoisotopic (exact) mass is 363 g/mol. The van der Waals surface area contributed by atoms with Gasteiger partial charge in [-0.25, -0.2) is 9.78 Å². The number of rotatable bonds is 6. The fraction of sp³-hybridized carbons (Fsp3) is 0.304. The van der Waals surface area contributed by atoms with Crippen LogP contribution in [0.2, 0.25) is 0 Å². The maximum Gasteiger partial charge on any atom is 0.340 e. The highest BCUT2D eigenvalue weighted by Gasteiger charge is 2.24. The summed E-state index contributed by atoms with van der Waals surface area (Å²) in [5, 5.41) is 3.26. The molecule has 3 rings (SSSR count). The molecule has 0 saturated carbocycles. The number of hydrogen-bond donors (Lipinski definition) is 1. The quantitative estimate of drug-likeness (QED) is 0.678. The van der Waals surface area contributed by atoms with Crippen LogP contribution in [0.1, 0.15) is 47.1 Å². The number of methoxy groups -OCH3 is 1. The Bertz CT molecular complexity index is 936. The van der Waals surface area contributed by atoms with Crippen molar-refractivity contribution in [3.63, 3.8) is 0 Å². The second-order valence-electron chi connectivity index (χ2n) is 7.19. The number of quaternary nitrogens is 1. The molecule has 1 aromatic heterocycles. The van der Waals surface area contributed by atoms with Gasteiger partial charge in [0.15, 0.2) is 0 Å². The fourth-order valence-electron chi connectivity index (χ4n) is 3.67. The SMILES string of the molecule is COC(=O)c1c(C[NH2+][C@H](c2ccccc2)C(C)C)nc2ccccc2c1C. The second-order valence-corrected chi connectivity index (χ2v) is 7.19. The van der Waals surface area contributed by atoms with Crippen LogP contribution in [0.5, 0.6) is 0 Å². The Hall–Kier alpha value is -2.72. The van der Waals surface area contributed by atoms with Gasteiger partial charge in [-0.15, -0.1) is 0 Å². The van der Waals surface area contributed by atoms with E-state index in [0.29, 0.717) is 24.1 Å². The van der Waals surface area contributed by atoms with Crippen molar-refractivity contribution in [2.45, 2.75) is 33.4 Å². The zero-order valence-corrected chi connectivity index (χ0v) is 16.4.